The summed E-state index contributed by atoms with van der Waals surface area (Å²) in [6.45, 7) is 0.838. The van der Waals surface area contributed by atoms with Gasteiger partial charge in [-0.25, -0.2) is 0 Å². The average molecular weight is 269 g/mol. The number of rotatable bonds is 4. The minimum atomic E-state index is 0.717. The summed E-state index contributed by atoms with van der Waals surface area (Å²) in [7, 11) is 0. The van der Waals surface area contributed by atoms with Gasteiger partial charge >= 0.3 is 0 Å². The first kappa shape index (κ1) is 11.3. The summed E-state index contributed by atoms with van der Waals surface area (Å²) in [6.07, 6.45) is 2.62. The molecule has 96 valence electrons. The Hall–Kier alpha value is -1.58. The first-order valence-corrected chi connectivity index (χ1v) is 7.57. The van der Waals surface area contributed by atoms with Crippen molar-refractivity contribution in [1.82, 2.24) is 5.32 Å². The summed E-state index contributed by atoms with van der Waals surface area (Å²) >= 11 is 1.77. The summed E-state index contributed by atoms with van der Waals surface area (Å²) in [4.78, 5) is 0. The number of hydrogen-bond donors (Lipinski definition) is 1. The van der Waals surface area contributed by atoms with E-state index in [1.54, 1.807) is 11.3 Å². The predicted molar refractivity (Wildman–Crippen MR) is 79.4 cm³/mol. The lowest BCUT2D eigenvalue weighted by Gasteiger charge is -2.01. The Balaban J connectivity index is 1.65. The van der Waals surface area contributed by atoms with Crippen molar-refractivity contribution >= 4 is 21.4 Å². The molecule has 0 radical (unpaired) electrons. The largest absolute Gasteiger partial charge is 0.460 e. The van der Waals surface area contributed by atoms with Crippen LogP contribution in [0.5, 0.6) is 0 Å². The van der Waals surface area contributed by atoms with E-state index in [0.717, 1.165) is 18.1 Å². The van der Waals surface area contributed by atoms with E-state index < -0.39 is 0 Å². The highest BCUT2D eigenvalue weighted by molar-refractivity contribution is 7.17. The van der Waals surface area contributed by atoms with E-state index in [2.05, 4.69) is 47.1 Å². The van der Waals surface area contributed by atoms with E-state index >= 15 is 0 Å². The normalized spacial score (nSPS) is 15.2. The zero-order chi connectivity index (χ0) is 12.7. The van der Waals surface area contributed by atoms with Gasteiger partial charge in [0.05, 0.1) is 6.54 Å². The van der Waals surface area contributed by atoms with Crippen molar-refractivity contribution in [2.45, 2.75) is 25.4 Å². The first-order chi connectivity index (χ1) is 9.40. The third-order valence-electron chi connectivity index (χ3n) is 3.55. The van der Waals surface area contributed by atoms with E-state index in [9.17, 15) is 0 Å². The topological polar surface area (TPSA) is 25.2 Å². The van der Waals surface area contributed by atoms with Crippen LogP contribution in [0.1, 0.15) is 18.6 Å². The lowest BCUT2D eigenvalue weighted by molar-refractivity contribution is 0.493. The summed E-state index contributed by atoms with van der Waals surface area (Å²) in [5.74, 6) is 2.00. The molecule has 1 fully saturated rings. The van der Waals surface area contributed by atoms with Crippen LogP contribution in [0.2, 0.25) is 0 Å². The second-order valence-corrected chi connectivity index (χ2v) is 5.98. The Labute approximate surface area is 116 Å². The Kier molecular flexibility index (Phi) is 2.67. The molecule has 0 aliphatic heterocycles. The summed E-state index contributed by atoms with van der Waals surface area (Å²) in [6, 6.07) is 13.4. The van der Waals surface area contributed by atoms with E-state index in [4.69, 9.17) is 4.42 Å². The van der Waals surface area contributed by atoms with E-state index in [1.165, 1.54) is 28.5 Å². The SMILES string of the molecule is c1cc(-c2ccc(CNC3CC3)o2)c2sccc2c1. The summed E-state index contributed by atoms with van der Waals surface area (Å²) in [5.41, 5.74) is 1.20. The molecule has 1 N–H and O–H groups in total. The maximum Gasteiger partial charge on any atom is 0.135 e. The van der Waals surface area contributed by atoms with Gasteiger partial charge in [-0.15, -0.1) is 11.3 Å². The van der Waals surface area contributed by atoms with Gasteiger partial charge in [-0.1, -0.05) is 12.1 Å². The zero-order valence-corrected chi connectivity index (χ0v) is 11.4. The standard InChI is InChI=1S/C16H15NOS/c1-2-11-8-9-19-16(11)14(3-1)15-7-6-13(18-15)10-17-12-4-5-12/h1-3,6-9,12,17H,4-5,10H2. The first-order valence-electron chi connectivity index (χ1n) is 6.69. The molecule has 1 aliphatic rings. The summed E-state index contributed by atoms with van der Waals surface area (Å²) < 4.78 is 7.27. The number of benzene rings is 1. The maximum atomic E-state index is 5.97. The predicted octanol–water partition coefficient (Wildman–Crippen LogP) is 4.41. The van der Waals surface area contributed by atoms with E-state index in [-0.39, 0.29) is 0 Å². The van der Waals surface area contributed by atoms with Crippen LogP contribution < -0.4 is 5.32 Å². The zero-order valence-electron chi connectivity index (χ0n) is 10.6. The van der Waals surface area contributed by atoms with Gasteiger partial charge < -0.3 is 9.73 Å². The average Bonchev–Trinajstić information content (AvgIpc) is 2.96. The highest BCUT2D eigenvalue weighted by Crippen LogP contribution is 2.33. The van der Waals surface area contributed by atoms with Crippen molar-refractivity contribution in [3.05, 3.63) is 47.5 Å². The van der Waals surface area contributed by atoms with Crippen LogP contribution >= 0.6 is 11.3 Å². The van der Waals surface area contributed by atoms with Crippen molar-refractivity contribution < 1.29 is 4.42 Å². The molecule has 1 aliphatic carbocycles. The van der Waals surface area contributed by atoms with Crippen LogP contribution in [-0.2, 0) is 6.54 Å². The Bertz CT molecular complexity index is 708. The monoisotopic (exact) mass is 269 g/mol. The molecular formula is C16H15NOS. The van der Waals surface area contributed by atoms with Gasteiger partial charge in [-0.2, -0.15) is 0 Å². The fourth-order valence-electron chi connectivity index (χ4n) is 2.34. The minimum absolute atomic E-state index is 0.717. The minimum Gasteiger partial charge on any atom is -0.460 e. The molecule has 19 heavy (non-hydrogen) atoms. The van der Waals surface area contributed by atoms with Gasteiger partial charge in [0, 0.05) is 16.3 Å². The third-order valence-corrected chi connectivity index (χ3v) is 4.51. The highest BCUT2D eigenvalue weighted by Gasteiger charge is 2.20. The van der Waals surface area contributed by atoms with Crippen molar-refractivity contribution in [3.8, 4) is 11.3 Å². The van der Waals surface area contributed by atoms with Crippen LogP contribution in [0.3, 0.4) is 0 Å². The van der Waals surface area contributed by atoms with Crippen molar-refractivity contribution in [2.75, 3.05) is 0 Å². The van der Waals surface area contributed by atoms with Crippen molar-refractivity contribution in [3.63, 3.8) is 0 Å². The van der Waals surface area contributed by atoms with Crippen LogP contribution in [-0.4, -0.2) is 6.04 Å². The second-order valence-electron chi connectivity index (χ2n) is 5.07. The molecule has 2 heterocycles. The molecule has 1 aromatic carbocycles. The molecular weight excluding hydrogens is 254 g/mol. The number of nitrogens with one attached hydrogen (secondary N) is 1. The molecule has 2 nitrogen and oxygen atoms in total. The molecule has 4 rings (SSSR count). The second kappa shape index (κ2) is 4.51. The lowest BCUT2D eigenvalue weighted by atomic mass is 10.1. The molecule has 0 saturated heterocycles. The number of hydrogen-bond acceptors (Lipinski definition) is 3. The van der Waals surface area contributed by atoms with Gasteiger partial charge in [0.1, 0.15) is 11.5 Å². The van der Waals surface area contributed by atoms with Gasteiger partial charge in [0.2, 0.25) is 0 Å². The molecule has 0 bridgehead atoms. The van der Waals surface area contributed by atoms with Crippen molar-refractivity contribution in [1.29, 1.82) is 0 Å². The number of furan rings is 1. The lowest BCUT2D eigenvalue weighted by Crippen LogP contribution is -2.14. The maximum absolute atomic E-state index is 5.97. The molecule has 1 saturated carbocycles. The van der Waals surface area contributed by atoms with Crippen LogP contribution in [0.15, 0.2) is 46.2 Å². The molecule has 0 atom stereocenters. The van der Waals surface area contributed by atoms with Crippen LogP contribution in [0, 0.1) is 0 Å². The molecule has 3 heteroatoms. The molecule has 0 unspecified atom stereocenters. The van der Waals surface area contributed by atoms with Gasteiger partial charge in [-0.05, 0) is 47.9 Å². The third kappa shape index (κ3) is 2.20. The fraction of sp³-hybridized carbons (Fsp3) is 0.250. The Morgan fingerprint density at radius 2 is 2.11 bits per heavy atom. The van der Waals surface area contributed by atoms with Crippen LogP contribution in [0.25, 0.3) is 21.4 Å². The number of thiophene rings is 1. The van der Waals surface area contributed by atoms with E-state index in [1.807, 2.05) is 0 Å². The summed E-state index contributed by atoms with van der Waals surface area (Å²) in [5, 5.41) is 6.90. The Morgan fingerprint density at radius 3 is 3.00 bits per heavy atom. The van der Waals surface area contributed by atoms with E-state index in [0.29, 0.717) is 6.04 Å². The molecule has 3 aromatic rings. The van der Waals surface area contributed by atoms with Crippen molar-refractivity contribution in [2.24, 2.45) is 0 Å². The smallest absolute Gasteiger partial charge is 0.135 e. The quantitative estimate of drug-likeness (QED) is 0.758. The van der Waals surface area contributed by atoms with Gasteiger partial charge in [-0.3, -0.25) is 0 Å². The molecule has 0 spiro atoms. The van der Waals surface area contributed by atoms with Gasteiger partial charge in [0.25, 0.3) is 0 Å². The number of fused-ring (bicyclic) bond motifs is 1. The fourth-order valence-corrected chi connectivity index (χ4v) is 3.26. The van der Waals surface area contributed by atoms with Gasteiger partial charge in [0.15, 0.2) is 0 Å². The molecule has 2 aromatic heterocycles. The Morgan fingerprint density at radius 1 is 1.16 bits per heavy atom. The molecule has 0 amide bonds. The highest BCUT2D eigenvalue weighted by atomic mass is 32.1. The van der Waals surface area contributed by atoms with Crippen LogP contribution in [0.4, 0.5) is 0 Å².